The fraction of sp³-hybridized carbons (Fsp3) is 0.381. The lowest BCUT2D eigenvalue weighted by Crippen LogP contribution is -2.47. The molecule has 1 aliphatic rings. The molecular formula is C21H35N3. The van der Waals surface area contributed by atoms with Crippen molar-refractivity contribution in [2.75, 3.05) is 0 Å². The quantitative estimate of drug-likeness (QED) is 0.558. The minimum Gasteiger partial charge on any atom is -0.357 e. The monoisotopic (exact) mass is 329 g/mol. The van der Waals surface area contributed by atoms with Crippen LogP contribution in [0.2, 0.25) is 0 Å². The molecule has 0 spiro atoms. The number of hydrogen-bond donors (Lipinski definition) is 2. The lowest BCUT2D eigenvalue weighted by Gasteiger charge is -2.28. The van der Waals surface area contributed by atoms with Crippen molar-refractivity contribution in [1.29, 1.82) is 0 Å². The average Bonchev–Trinajstić information content (AvgIpc) is 2.68. The van der Waals surface area contributed by atoms with Crippen LogP contribution in [0.3, 0.4) is 0 Å². The predicted molar refractivity (Wildman–Crippen MR) is 110 cm³/mol. The van der Waals surface area contributed by atoms with Crippen LogP contribution in [0.5, 0.6) is 0 Å². The van der Waals surface area contributed by atoms with Crippen molar-refractivity contribution >= 4 is 6.34 Å². The van der Waals surface area contributed by atoms with Gasteiger partial charge in [-0.15, -0.1) is 6.58 Å². The molecule has 3 nitrogen and oxygen atoms in total. The highest BCUT2D eigenvalue weighted by molar-refractivity contribution is 5.58. The van der Waals surface area contributed by atoms with Gasteiger partial charge in [0.1, 0.15) is 12.3 Å². The molecule has 24 heavy (non-hydrogen) atoms. The smallest absolute Gasteiger partial charge is 0.129 e. The van der Waals surface area contributed by atoms with Crippen molar-refractivity contribution in [3.8, 4) is 0 Å². The van der Waals surface area contributed by atoms with Gasteiger partial charge in [-0.25, -0.2) is 0 Å². The van der Waals surface area contributed by atoms with E-state index in [0.29, 0.717) is 0 Å². The summed E-state index contributed by atoms with van der Waals surface area (Å²) >= 11 is 0. The molecule has 2 rings (SSSR count). The van der Waals surface area contributed by atoms with E-state index in [-0.39, 0.29) is 12.3 Å². The minimum absolute atomic E-state index is 0.00245. The van der Waals surface area contributed by atoms with E-state index in [1.807, 2.05) is 71.9 Å². The molecule has 0 radical (unpaired) electrons. The molecule has 1 aromatic carbocycles. The summed E-state index contributed by atoms with van der Waals surface area (Å²) in [6.07, 6.45) is 7.47. The Morgan fingerprint density at radius 2 is 1.58 bits per heavy atom. The Kier molecular flexibility index (Phi) is 17.3. The standard InChI is InChI=1S/C14H17N3.C3H6.2C2H6/c1-3-11(4-2)13-15-10-16-14(17-13)12-8-6-5-7-9-12;1-3-2;2*1-2/h3-10,13-14,17H,1H2,2H3,(H,15,16);3H,1H2,2H3;2*1-2H3/b11-4+;;;. The molecule has 1 aromatic rings. The minimum atomic E-state index is -0.00245. The van der Waals surface area contributed by atoms with Gasteiger partial charge in [-0.3, -0.25) is 10.3 Å². The Hall–Kier alpha value is -2.13. The van der Waals surface area contributed by atoms with Gasteiger partial charge in [0, 0.05) is 0 Å². The zero-order valence-corrected chi connectivity index (χ0v) is 16.2. The van der Waals surface area contributed by atoms with Gasteiger partial charge in [0.05, 0.1) is 6.34 Å². The Morgan fingerprint density at radius 3 is 2.04 bits per heavy atom. The number of aliphatic imine (C=N–C) groups is 1. The molecule has 0 bridgehead atoms. The fourth-order valence-electron chi connectivity index (χ4n) is 1.85. The average molecular weight is 330 g/mol. The maximum absolute atomic E-state index is 4.39. The van der Waals surface area contributed by atoms with Crippen LogP contribution in [0.1, 0.15) is 53.3 Å². The molecule has 0 aromatic heterocycles. The van der Waals surface area contributed by atoms with Gasteiger partial charge >= 0.3 is 0 Å². The predicted octanol–water partition coefficient (Wildman–Crippen LogP) is 5.61. The van der Waals surface area contributed by atoms with Crippen molar-refractivity contribution in [3.05, 3.63) is 72.9 Å². The molecule has 134 valence electrons. The maximum Gasteiger partial charge on any atom is 0.129 e. The van der Waals surface area contributed by atoms with Crippen LogP contribution in [-0.4, -0.2) is 12.5 Å². The molecule has 1 heterocycles. The first-order valence-electron chi connectivity index (χ1n) is 8.71. The first kappa shape index (κ1) is 24.1. The first-order valence-corrected chi connectivity index (χ1v) is 8.71. The van der Waals surface area contributed by atoms with Gasteiger partial charge in [0.2, 0.25) is 0 Å². The van der Waals surface area contributed by atoms with Crippen LogP contribution in [0.4, 0.5) is 0 Å². The normalized spacial score (nSPS) is 18.2. The van der Waals surface area contributed by atoms with E-state index in [4.69, 9.17) is 0 Å². The van der Waals surface area contributed by atoms with Crippen LogP contribution >= 0.6 is 0 Å². The third-order valence-corrected chi connectivity index (χ3v) is 2.81. The van der Waals surface area contributed by atoms with E-state index in [2.05, 4.69) is 40.9 Å². The largest absolute Gasteiger partial charge is 0.357 e. The lowest BCUT2D eigenvalue weighted by atomic mass is 10.1. The summed E-state index contributed by atoms with van der Waals surface area (Å²) in [6.45, 7) is 19.1. The van der Waals surface area contributed by atoms with Crippen molar-refractivity contribution in [2.24, 2.45) is 4.99 Å². The van der Waals surface area contributed by atoms with Crippen LogP contribution in [0, 0.1) is 0 Å². The Bertz CT molecular complexity index is 475. The van der Waals surface area contributed by atoms with Gasteiger partial charge in [-0.1, -0.05) is 82.8 Å². The van der Waals surface area contributed by atoms with E-state index in [1.54, 1.807) is 12.4 Å². The van der Waals surface area contributed by atoms with Crippen LogP contribution in [0.15, 0.2) is 72.3 Å². The zero-order valence-electron chi connectivity index (χ0n) is 16.2. The van der Waals surface area contributed by atoms with E-state index in [9.17, 15) is 0 Å². The lowest BCUT2D eigenvalue weighted by molar-refractivity contribution is 0.447. The number of allylic oxidation sites excluding steroid dienone is 2. The Morgan fingerprint density at radius 1 is 1.04 bits per heavy atom. The summed E-state index contributed by atoms with van der Waals surface area (Å²) in [5.41, 5.74) is 2.28. The van der Waals surface area contributed by atoms with Crippen molar-refractivity contribution in [2.45, 2.75) is 53.9 Å². The molecule has 2 N–H and O–H groups in total. The second-order valence-electron chi connectivity index (χ2n) is 4.26. The molecule has 0 fully saturated rings. The van der Waals surface area contributed by atoms with E-state index >= 15 is 0 Å². The summed E-state index contributed by atoms with van der Waals surface area (Å²) in [6, 6.07) is 10.2. The second kappa shape index (κ2) is 17.2. The van der Waals surface area contributed by atoms with Gasteiger partial charge in [-0.05, 0) is 25.0 Å². The van der Waals surface area contributed by atoms with Crippen LogP contribution in [-0.2, 0) is 0 Å². The van der Waals surface area contributed by atoms with Gasteiger partial charge in [0.25, 0.3) is 0 Å². The van der Waals surface area contributed by atoms with Crippen molar-refractivity contribution in [1.82, 2.24) is 10.6 Å². The molecule has 0 amide bonds. The van der Waals surface area contributed by atoms with Gasteiger partial charge in [0.15, 0.2) is 0 Å². The number of rotatable bonds is 3. The molecule has 0 saturated carbocycles. The summed E-state index contributed by atoms with van der Waals surface area (Å²) in [5.74, 6) is 0. The SMILES string of the molecule is C=C/C(=C\C)C1NC=NC(c2ccccc2)N1.C=CC.CC.CC. The molecule has 2 unspecified atom stereocenters. The highest BCUT2D eigenvalue weighted by Gasteiger charge is 2.19. The molecule has 2 atom stereocenters. The zero-order chi connectivity index (χ0) is 18.8. The summed E-state index contributed by atoms with van der Waals surface area (Å²) in [7, 11) is 0. The third-order valence-electron chi connectivity index (χ3n) is 2.81. The van der Waals surface area contributed by atoms with Crippen LogP contribution in [0.25, 0.3) is 0 Å². The van der Waals surface area contributed by atoms with Gasteiger partial charge in [-0.2, -0.15) is 0 Å². The van der Waals surface area contributed by atoms with Crippen molar-refractivity contribution in [3.63, 3.8) is 0 Å². The Balaban J connectivity index is 0. The first-order chi connectivity index (χ1) is 11.8. The number of hydrogen-bond acceptors (Lipinski definition) is 3. The maximum atomic E-state index is 4.39. The van der Waals surface area contributed by atoms with E-state index < -0.39 is 0 Å². The second-order valence-corrected chi connectivity index (χ2v) is 4.26. The highest BCUT2D eigenvalue weighted by Crippen LogP contribution is 2.17. The van der Waals surface area contributed by atoms with Crippen molar-refractivity contribution < 1.29 is 0 Å². The van der Waals surface area contributed by atoms with Crippen LogP contribution < -0.4 is 10.6 Å². The molecular weight excluding hydrogens is 294 g/mol. The third kappa shape index (κ3) is 9.11. The number of nitrogens with one attached hydrogen (secondary N) is 2. The summed E-state index contributed by atoms with van der Waals surface area (Å²) < 4.78 is 0. The Labute approximate surface area is 149 Å². The fourth-order valence-corrected chi connectivity index (χ4v) is 1.85. The summed E-state index contributed by atoms with van der Waals surface area (Å²) in [4.78, 5) is 4.39. The van der Waals surface area contributed by atoms with Gasteiger partial charge < -0.3 is 5.32 Å². The number of nitrogens with zero attached hydrogens (tertiary/aromatic N) is 1. The highest BCUT2D eigenvalue weighted by atomic mass is 15.3. The number of benzene rings is 1. The van der Waals surface area contributed by atoms with E-state index in [0.717, 1.165) is 11.1 Å². The molecule has 0 saturated heterocycles. The topological polar surface area (TPSA) is 36.4 Å². The van der Waals surface area contributed by atoms with E-state index in [1.165, 1.54) is 0 Å². The molecule has 1 aliphatic heterocycles. The molecule has 3 heteroatoms. The summed E-state index contributed by atoms with van der Waals surface area (Å²) in [5, 5.41) is 6.60. The molecule has 0 aliphatic carbocycles.